The second kappa shape index (κ2) is 4.52. The van der Waals surface area contributed by atoms with Gasteiger partial charge in [0.05, 0.1) is 6.10 Å². The molecule has 2 atom stereocenters. The SMILES string of the molecule is CSCCC1CSCC1O. The van der Waals surface area contributed by atoms with Gasteiger partial charge in [-0.05, 0) is 30.1 Å². The van der Waals surface area contributed by atoms with E-state index < -0.39 is 0 Å². The van der Waals surface area contributed by atoms with Crippen molar-refractivity contribution in [2.24, 2.45) is 5.92 Å². The van der Waals surface area contributed by atoms with Crippen molar-refractivity contribution in [3.8, 4) is 0 Å². The standard InChI is InChI=1S/C7H14OS2/c1-9-3-2-6-4-10-5-7(6)8/h6-8H,2-5H2,1H3. The van der Waals surface area contributed by atoms with Crippen LogP contribution in [0.2, 0.25) is 0 Å². The highest BCUT2D eigenvalue weighted by Crippen LogP contribution is 2.27. The minimum atomic E-state index is -0.0165. The monoisotopic (exact) mass is 178 g/mol. The van der Waals surface area contributed by atoms with Gasteiger partial charge in [0.15, 0.2) is 0 Å². The lowest BCUT2D eigenvalue weighted by Gasteiger charge is -2.11. The van der Waals surface area contributed by atoms with Crippen LogP contribution in [0.25, 0.3) is 0 Å². The number of hydrogen-bond donors (Lipinski definition) is 1. The summed E-state index contributed by atoms with van der Waals surface area (Å²) in [7, 11) is 0. The van der Waals surface area contributed by atoms with Crippen LogP contribution >= 0.6 is 23.5 Å². The first-order valence-corrected chi connectivity index (χ1v) is 6.14. The van der Waals surface area contributed by atoms with Crippen molar-refractivity contribution in [1.82, 2.24) is 0 Å². The molecular formula is C7H14OS2. The van der Waals surface area contributed by atoms with Crippen LogP contribution in [0.1, 0.15) is 6.42 Å². The van der Waals surface area contributed by atoms with Crippen molar-refractivity contribution < 1.29 is 5.11 Å². The van der Waals surface area contributed by atoms with E-state index >= 15 is 0 Å². The van der Waals surface area contributed by atoms with Crippen LogP contribution in [0.15, 0.2) is 0 Å². The van der Waals surface area contributed by atoms with E-state index in [4.69, 9.17) is 0 Å². The molecule has 1 heterocycles. The van der Waals surface area contributed by atoms with Gasteiger partial charge in [-0.25, -0.2) is 0 Å². The first-order valence-electron chi connectivity index (χ1n) is 3.59. The molecule has 2 unspecified atom stereocenters. The second-order valence-electron chi connectivity index (χ2n) is 2.65. The molecule has 1 N–H and O–H groups in total. The molecule has 1 fully saturated rings. The van der Waals surface area contributed by atoms with E-state index in [1.807, 2.05) is 23.5 Å². The number of aliphatic hydroxyl groups excluding tert-OH is 1. The summed E-state index contributed by atoms with van der Waals surface area (Å²) in [5.41, 5.74) is 0. The van der Waals surface area contributed by atoms with E-state index in [0.29, 0.717) is 5.92 Å². The summed E-state index contributed by atoms with van der Waals surface area (Å²) >= 11 is 3.75. The number of rotatable bonds is 3. The Bertz CT molecular complexity index is 97.6. The van der Waals surface area contributed by atoms with Crippen LogP contribution in [-0.4, -0.2) is 34.7 Å². The van der Waals surface area contributed by atoms with Crippen molar-refractivity contribution in [3.05, 3.63) is 0 Å². The maximum absolute atomic E-state index is 9.39. The molecule has 3 heteroatoms. The summed E-state index contributed by atoms with van der Waals surface area (Å²) in [5, 5.41) is 9.39. The first kappa shape index (κ1) is 8.75. The summed E-state index contributed by atoms with van der Waals surface area (Å²) in [6.45, 7) is 0. The summed E-state index contributed by atoms with van der Waals surface area (Å²) in [4.78, 5) is 0. The molecule has 0 saturated carbocycles. The molecule has 60 valence electrons. The third-order valence-corrected chi connectivity index (χ3v) is 3.74. The molecule has 0 bridgehead atoms. The van der Waals surface area contributed by atoms with Crippen molar-refractivity contribution in [1.29, 1.82) is 0 Å². The summed E-state index contributed by atoms with van der Waals surface area (Å²) < 4.78 is 0. The second-order valence-corrected chi connectivity index (χ2v) is 4.71. The van der Waals surface area contributed by atoms with Crippen molar-refractivity contribution >= 4 is 23.5 Å². The fraction of sp³-hybridized carbons (Fsp3) is 1.00. The lowest BCUT2D eigenvalue weighted by molar-refractivity contribution is 0.148. The summed E-state index contributed by atoms with van der Waals surface area (Å²) in [6, 6.07) is 0. The molecule has 1 saturated heterocycles. The average molecular weight is 178 g/mol. The molecular weight excluding hydrogens is 164 g/mol. The molecule has 1 aliphatic heterocycles. The molecule has 1 aliphatic rings. The van der Waals surface area contributed by atoms with Gasteiger partial charge in [0.25, 0.3) is 0 Å². The van der Waals surface area contributed by atoms with E-state index in [9.17, 15) is 5.11 Å². The fourth-order valence-corrected chi connectivity index (χ4v) is 3.01. The zero-order valence-corrected chi connectivity index (χ0v) is 7.88. The molecule has 0 aromatic rings. The third kappa shape index (κ3) is 2.36. The van der Waals surface area contributed by atoms with Gasteiger partial charge in [-0.2, -0.15) is 23.5 Å². The smallest absolute Gasteiger partial charge is 0.0666 e. The van der Waals surface area contributed by atoms with Gasteiger partial charge in [0.2, 0.25) is 0 Å². The maximum atomic E-state index is 9.39. The molecule has 1 rings (SSSR count). The Morgan fingerprint density at radius 2 is 2.40 bits per heavy atom. The van der Waals surface area contributed by atoms with Crippen LogP contribution in [0, 0.1) is 5.92 Å². The van der Waals surface area contributed by atoms with Crippen molar-refractivity contribution in [2.75, 3.05) is 23.5 Å². The number of aliphatic hydroxyl groups is 1. The van der Waals surface area contributed by atoms with Crippen LogP contribution in [0.4, 0.5) is 0 Å². The highest BCUT2D eigenvalue weighted by molar-refractivity contribution is 7.99. The number of hydrogen-bond acceptors (Lipinski definition) is 3. The fourth-order valence-electron chi connectivity index (χ4n) is 1.13. The van der Waals surface area contributed by atoms with Crippen LogP contribution in [0.3, 0.4) is 0 Å². The normalized spacial score (nSPS) is 33.0. The largest absolute Gasteiger partial charge is 0.392 e. The minimum absolute atomic E-state index is 0.0165. The first-order chi connectivity index (χ1) is 4.84. The van der Waals surface area contributed by atoms with E-state index in [2.05, 4.69) is 6.26 Å². The highest BCUT2D eigenvalue weighted by atomic mass is 32.2. The van der Waals surface area contributed by atoms with Crippen molar-refractivity contribution in [3.63, 3.8) is 0 Å². The lowest BCUT2D eigenvalue weighted by atomic mass is 10.0. The lowest BCUT2D eigenvalue weighted by Crippen LogP contribution is -2.18. The molecule has 0 aromatic heterocycles. The van der Waals surface area contributed by atoms with E-state index in [0.717, 1.165) is 5.75 Å². The van der Waals surface area contributed by atoms with Gasteiger partial charge < -0.3 is 5.11 Å². The van der Waals surface area contributed by atoms with Gasteiger partial charge in [-0.15, -0.1) is 0 Å². The summed E-state index contributed by atoms with van der Waals surface area (Å²) in [5.74, 6) is 3.90. The quantitative estimate of drug-likeness (QED) is 0.706. The van der Waals surface area contributed by atoms with E-state index in [-0.39, 0.29) is 6.10 Å². The predicted octanol–water partition coefficient (Wildman–Crippen LogP) is 1.46. The Balaban J connectivity index is 2.14. The van der Waals surface area contributed by atoms with E-state index in [1.54, 1.807) is 0 Å². The van der Waals surface area contributed by atoms with Crippen LogP contribution in [-0.2, 0) is 0 Å². The van der Waals surface area contributed by atoms with Crippen LogP contribution in [0.5, 0.6) is 0 Å². The maximum Gasteiger partial charge on any atom is 0.0666 e. The molecule has 0 aromatic carbocycles. The summed E-state index contributed by atoms with van der Waals surface area (Å²) in [6.07, 6.45) is 3.29. The van der Waals surface area contributed by atoms with Gasteiger partial charge >= 0.3 is 0 Å². The zero-order valence-electron chi connectivity index (χ0n) is 6.25. The molecule has 10 heavy (non-hydrogen) atoms. The Labute approximate surface area is 71.0 Å². The highest BCUT2D eigenvalue weighted by Gasteiger charge is 2.24. The molecule has 0 radical (unpaired) electrons. The molecule has 0 amide bonds. The van der Waals surface area contributed by atoms with Gasteiger partial charge in [0.1, 0.15) is 0 Å². The zero-order chi connectivity index (χ0) is 7.40. The van der Waals surface area contributed by atoms with Gasteiger partial charge in [-0.1, -0.05) is 0 Å². The Morgan fingerprint density at radius 1 is 1.60 bits per heavy atom. The number of thioether (sulfide) groups is 2. The van der Waals surface area contributed by atoms with E-state index in [1.165, 1.54) is 17.9 Å². The topological polar surface area (TPSA) is 20.2 Å². The Kier molecular flexibility index (Phi) is 3.96. The average Bonchev–Trinajstić information content (AvgIpc) is 2.31. The molecule has 0 spiro atoms. The van der Waals surface area contributed by atoms with Gasteiger partial charge in [0, 0.05) is 5.75 Å². The molecule has 1 nitrogen and oxygen atoms in total. The van der Waals surface area contributed by atoms with Gasteiger partial charge in [-0.3, -0.25) is 0 Å². The molecule has 0 aliphatic carbocycles. The van der Waals surface area contributed by atoms with Crippen molar-refractivity contribution in [2.45, 2.75) is 12.5 Å². The minimum Gasteiger partial charge on any atom is -0.392 e. The third-order valence-electron chi connectivity index (χ3n) is 1.86. The van der Waals surface area contributed by atoms with Crippen LogP contribution < -0.4 is 0 Å². The predicted molar refractivity (Wildman–Crippen MR) is 49.8 cm³/mol. The Hall–Kier alpha value is 0.660. The Morgan fingerprint density at radius 3 is 2.90 bits per heavy atom.